The smallest absolute Gasteiger partial charge is 0.0278 e. The Hall–Kier alpha value is -1.58. The van der Waals surface area contributed by atoms with Crippen LogP contribution >= 0.6 is 45.2 Å². The monoisotopic (exact) mass is 600 g/mol. The first-order chi connectivity index (χ1) is 13.9. The fraction of sp³-hybridized carbons (Fsp3) is 0.185. The van der Waals surface area contributed by atoms with Crippen molar-refractivity contribution in [1.82, 2.24) is 0 Å². The number of hydrogen-bond acceptors (Lipinski definition) is 0. The van der Waals surface area contributed by atoms with Crippen molar-refractivity contribution >= 4 is 51.3 Å². The number of halogens is 2. The van der Waals surface area contributed by atoms with Gasteiger partial charge in [-0.1, -0.05) is 54.7 Å². The molecule has 0 aromatic heterocycles. The molecule has 1 aliphatic rings. The van der Waals surface area contributed by atoms with Gasteiger partial charge in [-0.2, -0.15) is 0 Å². The first-order valence-corrected chi connectivity index (χ1v) is 12.0. The van der Waals surface area contributed by atoms with E-state index < -0.39 is 0 Å². The molecular weight excluding hydrogens is 578 g/mol. The number of fused-ring (bicyclic) bond motifs is 1. The zero-order valence-electron chi connectivity index (χ0n) is 16.9. The number of hydrogen-bond donors (Lipinski definition) is 0. The third-order valence-corrected chi connectivity index (χ3v) is 7.80. The van der Waals surface area contributed by atoms with Crippen LogP contribution in [0.2, 0.25) is 0 Å². The quantitative estimate of drug-likeness (QED) is 0.207. The van der Waals surface area contributed by atoms with E-state index in [0.29, 0.717) is 0 Å². The van der Waals surface area contributed by atoms with Crippen LogP contribution in [0.3, 0.4) is 0 Å². The summed E-state index contributed by atoms with van der Waals surface area (Å²) in [5, 5.41) is 0. The summed E-state index contributed by atoms with van der Waals surface area (Å²) in [6, 6.07) is 17.8. The normalized spacial score (nSPS) is 12.2. The van der Waals surface area contributed by atoms with Crippen molar-refractivity contribution in [2.45, 2.75) is 33.6 Å². The minimum Gasteiger partial charge on any atom is -0.0655 e. The van der Waals surface area contributed by atoms with Crippen LogP contribution in [0.4, 0.5) is 0 Å². The van der Waals surface area contributed by atoms with Crippen LogP contribution in [-0.4, -0.2) is 0 Å². The molecule has 0 bridgehead atoms. The second-order valence-corrected chi connectivity index (χ2v) is 9.92. The predicted molar refractivity (Wildman–Crippen MR) is 141 cm³/mol. The van der Waals surface area contributed by atoms with E-state index in [9.17, 15) is 0 Å². The zero-order chi connectivity index (χ0) is 20.5. The van der Waals surface area contributed by atoms with Crippen molar-refractivity contribution in [3.05, 3.63) is 94.6 Å². The molecule has 0 saturated heterocycles. The summed E-state index contributed by atoms with van der Waals surface area (Å²) in [6.07, 6.45) is 4.60. The van der Waals surface area contributed by atoms with Crippen LogP contribution in [0.15, 0.2) is 54.1 Å². The molecule has 3 aromatic carbocycles. The summed E-state index contributed by atoms with van der Waals surface area (Å²) >= 11 is 4.77. The Labute approximate surface area is 201 Å². The lowest BCUT2D eigenvalue weighted by Gasteiger charge is -2.07. The van der Waals surface area contributed by atoms with Crippen LogP contribution < -0.4 is 0 Å². The topological polar surface area (TPSA) is 0 Å². The molecule has 3 aromatic rings. The van der Waals surface area contributed by atoms with Crippen molar-refractivity contribution < 1.29 is 0 Å². The Bertz CT molecular complexity index is 1180. The van der Waals surface area contributed by atoms with E-state index in [4.69, 9.17) is 0 Å². The summed E-state index contributed by atoms with van der Waals surface area (Å²) in [6.45, 7) is 6.54. The lowest BCUT2D eigenvalue weighted by Crippen LogP contribution is -1.89. The highest BCUT2D eigenvalue weighted by Gasteiger charge is 2.12. The summed E-state index contributed by atoms with van der Waals surface area (Å²) in [5.74, 6) is 6.72. The number of benzene rings is 3. The molecule has 0 aliphatic heterocycles. The molecule has 2 heteroatoms. The van der Waals surface area contributed by atoms with Gasteiger partial charge in [0.15, 0.2) is 0 Å². The van der Waals surface area contributed by atoms with E-state index in [1.165, 1.54) is 46.1 Å². The van der Waals surface area contributed by atoms with Crippen LogP contribution in [0, 0.1) is 32.8 Å². The van der Waals surface area contributed by atoms with Gasteiger partial charge in [0.25, 0.3) is 0 Å². The summed E-state index contributed by atoms with van der Waals surface area (Å²) < 4.78 is 2.53. The van der Waals surface area contributed by atoms with E-state index in [1.54, 1.807) is 0 Å². The molecule has 29 heavy (non-hydrogen) atoms. The van der Waals surface area contributed by atoms with Gasteiger partial charge in [0.05, 0.1) is 0 Å². The maximum absolute atomic E-state index is 3.37. The van der Waals surface area contributed by atoms with Gasteiger partial charge in [-0.25, -0.2) is 0 Å². The molecule has 0 fully saturated rings. The van der Waals surface area contributed by atoms with Crippen LogP contribution in [0.5, 0.6) is 0 Å². The van der Waals surface area contributed by atoms with Gasteiger partial charge in [0.1, 0.15) is 0 Å². The van der Waals surface area contributed by atoms with Crippen molar-refractivity contribution in [3.63, 3.8) is 0 Å². The summed E-state index contributed by atoms with van der Waals surface area (Å²) in [7, 11) is 0. The van der Waals surface area contributed by atoms with Gasteiger partial charge in [-0.05, 0) is 130 Å². The molecule has 0 radical (unpaired) electrons. The summed E-state index contributed by atoms with van der Waals surface area (Å²) in [4.78, 5) is 0. The third-order valence-electron chi connectivity index (χ3n) is 5.56. The van der Waals surface area contributed by atoms with Crippen LogP contribution in [0.1, 0.15) is 46.7 Å². The molecule has 0 amide bonds. The molecule has 0 N–H and O–H groups in total. The van der Waals surface area contributed by atoms with Crippen LogP contribution in [-0.2, 0) is 6.42 Å². The summed E-state index contributed by atoms with van der Waals surface area (Å²) in [5.41, 5.74) is 11.6. The lowest BCUT2D eigenvalue weighted by molar-refractivity contribution is 1.04. The fourth-order valence-electron chi connectivity index (χ4n) is 3.65. The Kier molecular flexibility index (Phi) is 6.17. The van der Waals surface area contributed by atoms with Gasteiger partial charge in [-0.15, -0.1) is 0 Å². The molecule has 0 atom stereocenters. The lowest BCUT2D eigenvalue weighted by atomic mass is 9.97. The van der Waals surface area contributed by atoms with Crippen molar-refractivity contribution in [2.75, 3.05) is 0 Å². The first-order valence-electron chi connectivity index (χ1n) is 9.85. The van der Waals surface area contributed by atoms with Crippen LogP contribution in [0.25, 0.3) is 17.2 Å². The van der Waals surface area contributed by atoms with E-state index >= 15 is 0 Å². The number of allylic oxidation sites excluding steroid dienone is 1. The highest BCUT2D eigenvalue weighted by Crippen LogP contribution is 2.31. The average molecular weight is 600 g/mol. The molecule has 0 saturated carbocycles. The van der Waals surface area contributed by atoms with Crippen molar-refractivity contribution in [3.8, 4) is 23.0 Å². The van der Waals surface area contributed by atoms with E-state index in [-0.39, 0.29) is 0 Å². The van der Waals surface area contributed by atoms with Gasteiger partial charge in [0, 0.05) is 18.3 Å². The average Bonchev–Trinajstić information content (AvgIpc) is 3.13. The maximum atomic E-state index is 3.37. The second-order valence-electron chi connectivity index (χ2n) is 7.59. The Morgan fingerprint density at radius 3 is 2.24 bits per heavy atom. The molecule has 0 heterocycles. The number of aryl methyl sites for hydroxylation is 1. The first kappa shape index (κ1) is 20.7. The molecule has 144 valence electrons. The van der Waals surface area contributed by atoms with Crippen molar-refractivity contribution in [2.24, 2.45) is 0 Å². The Morgan fingerprint density at radius 2 is 1.55 bits per heavy atom. The van der Waals surface area contributed by atoms with Gasteiger partial charge in [-0.3, -0.25) is 0 Å². The molecule has 4 rings (SSSR count). The third kappa shape index (κ3) is 4.46. The van der Waals surface area contributed by atoms with E-state index in [2.05, 4.69) is 132 Å². The van der Waals surface area contributed by atoms with Gasteiger partial charge in [0.2, 0.25) is 0 Å². The SMILES string of the molecule is CCC1=Cc2cc(-c3ccc(C#Cc4cc(I)c(C)c(I)c4)c(C)c3)ccc2C1. The van der Waals surface area contributed by atoms with Gasteiger partial charge >= 0.3 is 0 Å². The molecule has 0 unspecified atom stereocenters. The van der Waals surface area contributed by atoms with E-state index in [1.807, 2.05) is 0 Å². The number of rotatable bonds is 2. The predicted octanol–water partition coefficient (Wildman–Crippen LogP) is 7.93. The Morgan fingerprint density at radius 1 is 0.862 bits per heavy atom. The highest BCUT2D eigenvalue weighted by molar-refractivity contribution is 14.1. The minimum absolute atomic E-state index is 1.07. The van der Waals surface area contributed by atoms with Crippen molar-refractivity contribution in [1.29, 1.82) is 0 Å². The zero-order valence-corrected chi connectivity index (χ0v) is 21.2. The largest absolute Gasteiger partial charge is 0.0655 e. The molecular formula is C27H22I2. The molecule has 0 nitrogen and oxygen atoms in total. The second kappa shape index (κ2) is 8.65. The molecule has 0 spiro atoms. The fourth-order valence-corrected chi connectivity index (χ4v) is 5.42. The standard InChI is InChI=1S/C27H22I2/c1-4-19-12-23-9-10-24(16-25(23)13-19)22-8-7-21(17(2)11-22)6-5-20-14-26(28)18(3)27(29)15-20/h7-11,13-16H,4,12H2,1-3H3. The minimum atomic E-state index is 1.07. The highest BCUT2D eigenvalue weighted by atomic mass is 127. The van der Waals surface area contributed by atoms with E-state index in [0.717, 1.165) is 24.0 Å². The van der Waals surface area contributed by atoms with Gasteiger partial charge < -0.3 is 0 Å². The maximum Gasteiger partial charge on any atom is 0.0278 e. The molecule has 1 aliphatic carbocycles. The Balaban J connectivity index is 1.63.